The third kappa shape index (κ3) is 4.34. The zero-order chi connectivity index (χ0) is 24.4. The van der Waals surface area contributed by atoms with Gasteiger partial charge in [-0.1, -0.05) is 23.7 Å². The summed E-state index contributed by atoms with van der Waals surface area (Å²) >= 11 is 6.06. The van der Waals surface area contributed by atoms with Crippen LogP contribution >= 0.6 is 11.6 Å². The number of anilines is 2. The Labute approximate surface area is 196 Å². The van der Waals surface area contributed by atoms with Gasteiger partial charge < -0.3 is 10.1 Å². The Morgan fingerprint density at radius 3 is 2.26 bits per heavy atom. The van der Waals surface area contributed by atoms with Crippen LogP contribution in [0.3, 0.4) is 0 Å². The van der Waals surface area contributed by atoms with Gasteiger partial charge in [0.1, 0.15) is 16.5 Å². The van der Waals surface area contributed by atoms with Gasteiger partial charge in [-0.3, -0.25) is 19.7 Å². The number of carbonyl (C=O) groups is 3. The maximum absolute atomic E-state index is 13.2. The largest absolute Gasteiger partial charge is 0.416 e. The third-order valence-corrected chi connectivity index (χ3v) is 5.12. The molecule has 0 saturated carbocycles. The van der Waals surface area contributed by atoms with Gasteiger partial charge in [0.25, 0.3) is 11.8 Å². The molecule has 4 rings (SSSR count). The van der Waals surface area contributed by atoms with Crippen molar-refractivity contribution in [1.82, 2.24) is 0 Å². The van der Waals surface area contributed by atoms with Crippen LogP contribution in [0.1, 0.15) is 10.4 Å². The highest BCUT2D eigenvalue weighted by Gasteiger charge is 2.39. The first kappa shape index (κ1) is 22.6. The summed E-state index contributed by atoms with van der Waals surface area (Å²) in [4.78, 5) is 48.8. The predicted octanol–water partition coefficient (Wildman–Crippen LogP) is 4.39. The van der Waals surface area contributed by atoms with Crippen LogP contribution in [0.5, 0.6) is 5.75 Å². The van der Waals surface area contributed by atoms with E-state index in [1.54, 1.807) is 0 Å². The van der Waals surface area contributed by atoms with Crippen molar-refractivity contribution in [2.75, 3.05) is 10.2 Å². The van der Waals surface area contributed by atoms with Crippen molar-refractivity contribution in [3.63, 3.8) is 0 Å². The van der Waals surface area contributed by atoms with Crippen molar-refractivity contribution in [3.8, 4) is 5.75 Å². The number of ether oxygens (including phenoxy) is 1. The molecule has 0 spiro atoms. The van der Waals surface area contributed by atoms with Crippen LogP contribution in [0.15, 0.2) is 83.5 Å². The summed E-state index contributed by atoms with van der Waals surface area (Å²) in [6.45, 7) is 0. The Bertz CT molecular complexity index is 1360. The number of esters is 1. The standard InChI is InChI=1S/C23H13ClFN3O6/c24-19-20(22(30)27(21(19)29)16-11-7-14(25)8-12-16)26-15-9-5-13(6-10-15)23(31)34-18-4-2-1-3-17(18)28(32)33/h1-12,26H. The smallest absolute Gasteiger partial charge is 0.343 e. The molecule has 0 fully saturated rings. The molecule has 1 heterocycles. The molecule has 1 aliphatic heterocycles. The summed E-state index contributed by atoms with van der Waals surface area (Å²) in [7, 11) is 0. The van der Waals surface area contributed by atoms with Crippen LogP contribution < -0.4 is 15.0 Å². The first-order valence-electron chi connectivity index (χ1n) is 9.63. The second kappa shape index (κ2) is 9.12. The molecule has 34 heavy (non-hydrogen) atoms. The van der Waals surface area contributed by atoms with E-state index in [0.717, 1.165) is 17.0 Å². The number of nitro benzene ring substituents is 1. The average molecular weight is 482 g/mol. The quantitative estimate of drug-likeness (QED) is 0.182. The van der Waals surface area contributed by atoms with E-state index in [2.05, 4.69) is 5.32 Å². The molecule has 1 aliphatic rings. The zero-order valence-corrected chi connectivity index (χ0v) is 17.8. The minimum atomic E-state index is -0.826. The van der Waals surface area contributed by atoms with Gasteiger partial charge >= 0.3 is 11.7 Å². The predicted molar refractivity (Wildman–Crippen MR) is 120 cm³/mol. The molecule has 1 N–H and O–H groups in total. The van der Waals surface area contributed by atoms with Crippen LogP contribution in [-0.2, 0) is 9.59 Å². The number of rotatable bonds is 6. The SMILES string of the molecule is O=C(Oc1ccccc1[N+](=O)[O-])c1ccc(NC2=C(Cl)C(=O)N(c3ccc(F)cc3)C2=O)cc1. The van der Waals surface area contributed by atoms with Gasteiger partial charge in [-0.15, -0.1) is 0 Å². The monoisotopic (exact) mass is 481 g/mol. The average Bonchev–Trinajstić information content (AvgIpc) is 3.03. The second-order valence-electron chi connectivity index (χ2n) is 6.93. The van der Waals surface area contributed by atoms with Gasteiger partial charge in [0.2, 0.25) is 5.75 Å². The summed E-state index contributed by atoms with van der Waals surface area (Å²) in [5, 5.41) is 13.5. The highest BCUT2D eigenvalue weighted by Crippen LogP contribution is 2.31. The van der Waals surface area contributed by atoms with Gasteiger partial charge in [0.05, 0.1) is 16.2 Å². The Balaban J connectivity index is 1.49. The van der Waals surface area contributed by atoms with Gasteiger partial charge in [-0.25, -0.2) is 14.1 Å². The number of halogens is 2. The van der Waals surface area contributed by atoms with E-state index in [9.17, 15) is 28.9 Å². The Morgan fingerprint density at radius 2 is 1.62 bits per heavy atom. The van der Waals surface area contributed by atoms with E-state index in [-0.39, 0.29) is 33.4 Å². The number of imide groups is 1. The first-order chi connectivity index (χ1) is 16.3. The number of para-hydroxylation sites is 2. The molecule has 11 heteroatoms. The van der Waals surface area contributed by atoms with E-state index >= 15 is 0 Å². The summed E-state index contributed by atoms with van der Waals surface area (Å²) in [6.07, 6.45) is 0. The lowest BCUT2D eigenvalue weighted by Crippen LogP contribution is -2.32. The fraction of sp³-hybridized carbons (Fsp3) is 0. The molecule has 3 aromatic carbocycles. The number of nitrogens with one attached hydrogen (secondary N) is 1. The van der Waals surface area contributed by atoms with Crippen molar-refractivity contribution in [3.05, 3.63) is 105 Å². The Morgan fingerprint density at radius 1 is 0.971 bits per heavy atom. The van der Waals surface area contributed by atoms with Crippen LogP contribution in [0.25, 0.3) is 0 Å². The van der Waals surface area contributed by atoms with Crippen LogP contribution in [0.4, 0.5) is 21.5 Å². The fourth-order valence-electron chi connectivity index (χ4n) is 3.12. The van der Waals surface area contributed by atoms with Gasteiger partial charge in [0.15, 0.2) is 0 Å². The fourth-order valence-corrected chi connectivity index (χ4v) is 3.34. The van der Waals surface area contributed by atoms with Crippen molar-refractivity contribution >= 4 is 46.4 Å². The maximum Gasteiger partial charge on any atom is 0.343 e. The zero-order valence-electron chi connectivity index (χ0n) is 17.0. The highest BCUT2D eigenvalue weighted by molar-refractivity contribution is 6.53. The molecule has 0 radical (unpaired) electrons. The van der Waals surface area contributed by atoms with E-state index in [4.69, 9.17) is 16.3 Å². The molecule has 0 unspecified atom stereocenters. The van der Waals surface area contributed by atoms with E-state index in [0.29, 0.717) is 5.69 Å². The van der Waals surface area contributed by atoms with Gasteiger partial charge in [-0.2, -0.15) is 0 Å². The minimum Gasteiger partial charge on any atom is -0.416 e. The molecule has 0 saturated heterocycles. The van der Waals surface area contributed by atoms with Crippen molar-refractivity contribution in [2.24, 2.45) is 0 Å². The Kier molecular flexibility index (Phi) is 6.07. The maximum atomic E-state index is 13.2. The summed E-state index contributed by atoms with van der Waals surface area (Å²) in [5.41, 5.74) is 0.0274. The molecule has 3 aromatic rings. The lowest BCUT2D eigenvalue weighted by Gasteiger charge is -2.15. The number of nitro groups is 1. The molecular weight excluding hydrogens is 469 g/mol. The molecule has 9 nitrogen and oxygen atoms in total. The van der Waals surface area contributed by atoms with E-state index in [1.807, 2.05) is 0 Å². The molecule has 0 bridgehead atoms. The summed E-state index contributed by atoms with van der Waals surface area (Å²) in [5.74, 6) is -3.06. The molecular formula is C23H13ClFN3O6. The number of hydrogen-bond acceptors (Lipinski definition) is 7. The highest BCUT2D eigenvalue weighted by atomic mass is 35.5. The second-order valence-corrected chi connectivity index (χ2v) is 7.31. The minimum absolute atomic E-state index is 0.0885. The topological polar surface area (TPSA) is 119 Å². The molecule has 170 valence electrons. The number of nitrogens with zero attached hydrogens (tertiary/aromatic N) is 2. The Hall–Kier alpha value is -4.57. The first-order valence-corrected chi connectivity index (χ1v) is 10.0. The van der Waals surface area contributed by atoms with Crippen LogP contribution in [0.2, 0.25) is 0 Å². The number of hydrogen-bond donors (Lipinski definition) is 1. The van der Waals surface area contributed by atoms with Crippen LogP contribution in [-0.4, -0.2) is 22.7 Å². The molecule has 0 aromatic heterocycles. The lowest BCUT2D eigenvalue weighted by atomic mass is 10.2. The third-order valence-electron chi connectivity index (χ3n) is 4.77. The van der Waals surface area contributed by atoms with Crippen molar-refractivity contribution in [2.45, 2.75) is 0 Å². The normalized spacial score (nSPS) is 13.3. The van der Waals surface area contributed by atoms with E-state index < -0.39 is 28.5 Å². The van der Waals surface area contributed by atoms with Gasteiger partial charge in [-0.05, 0) is 54.6 Å². The molecule has 0 aliphatic carbocycles. The number of amides is 2. The van der Waals surface area contributed by atoms with E-state index in [1.165, 1.54) is 60.7 Å². The van der Waals surface area contributed by atoms with Gasteiger partial charge in [0, 0.05) is 11.8 Å². The summed E-state index contributed by atoms with van der Waals surface area (Å²) in [6, 6.07) is 15.8. The molecule has 2 amide bonds. The van der Waals surface area contributed by atoms with Crippen LogP contribution in [0, 0.1) is 15.9 Å². The lowest BCUT2D eigenvalue weighted by molar-refractivity contribution is -0.385. The van der Waals surface area contributed by atoms with Crippen molar-refractivity contribution < 1.29 is 28.4 Å². The van der Waals surface area contributed by atoms with Crippen molar-refractivity contribution in [1.29, 1.82) is 0 Å². The number of carbonyl (C=O) groups excluding carboxylic acids is 3. The number of benzene rings is 3. The summed E-state index contributed by atoms with van der Waals surface area (Å²) < 4.78 is 18.3. The molecule has 0 atom stereocenters.